The first kappa shape index (κ1) is 17.0. The molecule has 1 aliphatic rings. The zero-order valence-corrected chi connectivity index (χ0v) is 15.6. The molecule has 0 unspecified atom stereocenters. The summed E-state index contributed by atoms with van der Waals surface area (Å²) in [4.78, 5) is 24.9. The number of hydrogen-bond donors (Lipinski definition) is 1. The van der Waals surface area contributed by atoms with E-state index in [1.807, 2.05) is 18.2 Å². The summed E-state index contributed by atoms with van der Waals surface area (Å²) >= 11 is 1.60. The van der Waals surface area contributed by atoms with Crippen molar-refractivity contribution in [3.05, 3.63) is 53.7 Å². The monoisotopic (exact) mass is 366 g/mol. The molecule has 1 atom stereocenters. The third-order valence-electron chi connectivity index (χ3n) is 4.77. The van der Waals surface area contributed by atoms with Crippen LogP contribution in [0.5, 0.6) is 0 Å². The van der Waals surface area contributed by atoms with E-state index in [2.05, 4.69) is 45.3 Å². The van der Waals surface area contributed by atoms with Crippen LogP contribution in [-0.2, 0) is 11.3 Å². The number of aromatic nitrogens is 2. The van der Waals surface area contributed by atoms with Gasteiger partial charge in [-0.3, -0.25) is 4.79 Å². The summed E-state index contributed by atoms with van der Waals surface area (Å²) in [5.74, 6) is 0.143. The number of carbonyl (C=O) groups excluding carboxylic acids is 1. The topological polar surface area (TPSA) is 58.1 Å². The Kier molecular flexibility index (Phi) is 4.84. The normalized spacial score (nSPS) is 17.4. The number of fused-ring (bicyclic) bond motifs is 1. The highest BCUT2D eigenvalue weighted by Gasteiger charge is 2.27. The summed E-state index contributed by atoms with van der Waals surface area (Å²) in [5, 5.41) is 4.07. The van der Waals surface area contributed by atoms with Gasteiger partial charge in [0.25, 0.3) is 0 Å². The summed E-state index contributed by atoms with van der Waals surface area (Å²) in [6, 6.07) is 12.1. The van der Waals surface area contributed by atoms with Crippen LogP contribution in [0.2, 0.25) is 0 Å². The number of rotatable bonds is 4. The summed E-state index contributed by atoms with van der Waals surface area (Å²) in [5.41, 5.74) is 3.28. The van der Waals surface area contributed by atoms with Crippen LogP contribution >= 0.6 is 11.3 Å². The van der Waals surface area contributed by atoms with E-state index in [-0.39, 0.29) is 11.8 Å². The quantitative estimate of drug-likeness (QED) is 0.767. The van der Waals surface area contributed by atoms with Crippen LogP contribution in [0.25, 0.3) is 10.3 Å². The number of piperidine rings is 1. The Balaban J connectivity index is 1.40. The number of carbonyl (C=O) groups is 1. The highest BCUT2D eigenvalue weighted by atomic mass is 32.1. The average molecular weight is 366 g/mol. The maximum Gasteiger partial charge on any atom is 0.225 e. The minimum absolute atomic E-state index is 0.00790. The van der Waals surface area contributed by atoms with Gasteiger partial charge in [-0.15, -0.1) is 0 Å². The number of nitrogens with one attached hydrogen (secondary N) is 1. The van der Waals surface area contributed by atoms with Crippen molar-refractivity contribution in [2.75, 3.05) is 18.0 Å². The lowest BCUT2D eigenvalue weighted by molar-refractivity contribution is -0.125. The fourth-order valence-corrected chi connectivity index (χ4v) is 4.36. The molecule has 0 bridgehead atoms. The summed E-state index contributed by atoms with van der Waals surface area (Å²) in [6.07, 6.45) is 3.73. The number of aryl methyl sites for hydroxylation is 1. The van der Waals surface area contributed by atoms with Gasteiger partial charge in [-0.1, -0.05) is 41.2 Å². The van der Waals surface area contributed by atoms with Gasteiger partial charge < -0.3 is 10.2 Å². The zero-order chi connectivity index (χ0) is 17.9. The standard InChI is InChI=1S/C20H22N4OS/c1-14-5-2-6-15(11-14)12-22-18(25)16-7-4-10-24(13-16)20-23-17-8-3-9-21-19(17)26-20/h2-3,5-6,8-9,11,16H,4,7,10,12-13H2,1H3,(H,22,25)/t16-/m0/s1. The van der Waals surface area contributed by atoms with Crippen molar-refractivity contribution in [1.29, 1.82) is 0 Å². The van der Waals surface area contributed by atoms with Crippen molar-refractivity contribution in [2.45, 2.75) is 26.3 Å². The summed E-state index contributed by atoms with van der Waals surface area (Å²) < 4.78 is 0. The van der Waals surface area contributed by atoms with E-state index in [4.69, 9.17) is 0 Å². The highest BCUT2D eigenvalue weighted by Crippen LogP contribution is 2.30. The lowest BCUT2D eigenvalue weighted by atomic mass is 9.97. The second-order valence-corrected chi connectivity index (χ2v) is 7.77. The second kappa shape index (κ2) is 7.41. The van der Waals surface area contributed by atoms with Crippen molar-refractivity contribution in [2.24, 2.45) is 5.92 Å². The molecule has 6 heteroatoms. The van der Waals surface area contributed by atoms with Gasteiger partial charge in [-0.25, -0.2) is 9.97 Å². The summed E-state index contributed by atoms with van der Waals surface area (Å²) in [6.45, 7) is 4.32. The molecule has 1 fully saturated rings. The lowest BCUT2D eigenvalue weighted by Gasteiger charge is -2.31. The molecule has 0 aliphatic carbocycles. The highest BCUT2D eigenvalue weighted by molar-refractivity contribution is 7.21. The molecule has 1 aliphatic heterocycles. The van der Waals surface area contributed by atoms with E-state index < -0.39 is 0 Å². The average Bonchev–Trinajstić information content (AvgIpc) is 3.10. The first-order valence-electron chi connectivity index (χ1n) is 8.99. The van der Waals surface area contributed by atoms with E-state index >= 15 is 0 Å². The van der Waals surface area contributed by atoms with E-state index in [0.717, 1.165) is 47.0 Å². The molecule has 0 saturated carbocycles. The van der Waals surface area contributed by atoms with E-state index in [0.29, 0.717) is 6.54 Å². The Labute approximate surface area is 157 Å². The molecule has 1 amide bonds. The minimum atomic E-state index is 0.00790. The number of nitrogens with zero attached hydrogens (tertiary/aromatic N) is 3. The van der Waals surface area contributed by atoms with Gasteiger partial charge in [-0.2, -0.15) is 0 Å². The lowest BCUT2D eigenvalue weighted by Crippen LogP contribution is -2.42. The van der Waals surface area contributed by atoms with Gasteiger partial charge in [0.15, 0.2) is 5.13 Å². The molecule has 1 aromatic carbocycles. The van der Waals surface area contributed by atoms with Gasteiger partial charge >= 0.3 is 0 Å². The fourth-order valence-electron chi connectivity index (χ4n) is 3.41. The second-order valence-electron chi connectivity index (χ2n) is 6.82. The van der Waals surface area contributed by atoms with Gasteiger partial charge in [0.05, 0.1) is 5.92 Å². The van der Waals surface area contributed by atoms with E-state index in [1.54, 1.807) is 17.5 Å². The molecule has 3 heterocycles. The predicted octanol–water partition coefficient (Wildman–Crippen LogP) is 3.53. The van der Waals surface area contributed by atoms with Gasteiger partial charge in [0, 0.05) is 25.8 Å². The molecular formula is C20H22N4OS. The fraction of sp³-hybridized carbons (Fsp3) is 0.350. The molecule has 26 heavy (non-hydrogen) atoms. The van der Waals surface area contributed by atoms with Gasteiger partial charge in [-0.05, 0) is 37.5 Å². The number of thiazole rings is 1. The van der Waals surface area contributed by atoms with E-state index in [9.17, 15) is 4.79 Å². The van der Waals surface area contributed by atoms with Crippen LogP contribution in [0.1, 0.15) is 24.0 Å². The predicted molar refractivity (Wildman–Crippen MR) is 105 cm³/mol. The largest absolute Gasteiger partial charge is 0.352 e. The maximum absolute atomic E-state index is 12.6. The van der Waals surface area contributed by atoms with Gasteiger partial charge in [0.2, 0.25) is 5.91 Å². The molecule has 5 nitrogen and oxygen atoms in total. The first-order chi connectivity index (χ1) is 12.7. The maximum atomic E-state index is 12.6. The van der Waals surface area contributed by atoms with Crippen molar-refractivity contribution in [1.82, 2.24) is 15.3 Å². The van der Waals surface area contributed by atoms with Crippen LogP contribution < -0.4 is 10.2 Å². The van der Waals surface area contributed by atoms with Gasteiger partial charge in [0.1, 0.15) is 10.3 Å². The molecular weight excluding hydrogens is 344 g/mol. The zero-order valence-electron chi connectivity index (χ0n) is 14.8. The number of benzene rings is 1. The van der Waals surface area contributed by atoms with Crippen molar-refractivity contribution in [3.63, 3.8) is 0 Å². The molecule has 0 radical (unpaired) electrons. The Morgan fingerprint density at radius 1 is 1.35 bits per heavy atom. The van der Waals surface area contributed by atoms with Crippen molar-refractivity contribution < 1.29 is 4.79 Å². The van der Waals surface area contributed by atoms with Crippen LogP contribution in [0.3, 0.4) is 0 Å². The third kappa shape index (κ3) is 3.70. The van der Waals surface area contributed by atoms with E-state index in [1.165, 1.54) is 5.56 Å². The SMILES string of the molecule is Cc1cccc(CNC(=O)[C@H]2CCCN(c3nc4cccnc4s3)C2)c1. The Bertz CT molecular complexity index is 890. The first-order valence-corrected chi connectivity index (χ1v) is 9.80. The number of amides is 1. The Hall–Kier alpha value is -2.47. The van der Waals surface area contributed by atoms with Crippen LogP contribution in [0.15, 0.2) is 42.6 Å². The Morgan fingerprint density at radius 2 is 2.27 bits per heavy atom. The van der Waals surface area contributed by atoms with Crippen LogP contribution in [0, 0.1) is 12.8 Å². The molecule has 3 aromatic rings. The molecule has 0 spiro atoms. The Morgan fingerprint density at radius 3 is 3.12 bits per heavy atom. The smallest absolute Gasteiger partial charge is 0.225 e. The van der Waals surface area contributed by atoms with Crippen LogP contribution in [-0.4, -0.2) is 29.0 Å². The third-order valence-corrected chi connectivity index (χ3v) is 5.81. The molecule has 2 aromatic heterocycles. The van der Waals surface area contributed by atoms with Crippen LogP contribution in [0.4, 0.5) is 5.13 Å². The number of hydrogen-bond acceptors (Lipinski definition) is 5. The molecule has 134 valence electrons. The van der Waals surface area contributed by atoms with Crippen molar-refractivity contribution >= 4 is 32.7 Å². The van der Waals surface area contributed by atoms with Crippen molar-refractivity contribution in [3.8, 4) is 0 Å². The minimum Gasteiger partial charge on any atom is -0.352 e. The molecule has 1 N–H and O–H groups in total. The number of pyridine rings is 1. The molecule has 4 rings (SSSR count). The molecule has 1 saturated heterocycles. The summed E-state index contributed by atoms with van der Waals surface area (Å²) in [7, 11) is 0. The number of anilines is 1.